The Balaban J connectivity index is 1.51. The van der Waals surface area contributed by atoms with Crippen LogP contribution < -0.4 is 0 Å². The molecular weight excluding hydrogens is 338 g/mol. The summed E-state index contributed by atoms with van der Waals surface area (Å²) >= 11 is 0. The molecule has 1 fully saturated rings. The molecule has 0 N–H and O–H groups in total. The van der Waals surface area contributed by atoms with E-state index in [0.29, 0.717) is 19.0 Å². The van der Waals surface area contributed by atoms with Crippen molar-refractivity contribution in [1.29, 1.82) is 0 Å². The van der Waals surface area contributed by atoms with Crippen LogP contribution >= 0.6 is 0 Å². The van der Waals surface area contributed by atoms with Crippen molar-refractivity contribution in [3.8, 4) is 0 Å². The first-order valence-electron chi connectivity index (χ1n) is 9.35. The molecular formula is C22H23N3O2. The predicted molar refractivity (Wildman–Crippen MR) is 102 cm³/mol. The quantitative estimate of drug-likeness (QED) is 0.690. The fraction of sp³-hybridized carbons (Fsp3) is 0.318. The van der Waals surface area contributed by atoms with Gasteiger partial charge in [-0.25, -0.2) is 0 Å². The maximum Gasteiger partial charge on any atom is 0.234 e. The number of likely N-dealkylation sites (tertiary alicyclic amines) is 1. The third-order valence-corrected chi connectivity index (χ3v) is 5.03. The fourth-order valence-electron chi connectivity index (χ4n) is 3.41. The van der Waals surface area contributed by atoms with Crippen molar-refractivity contribution < 1.29 is 9.32 Å². The second kappa shape index (κ2) is 7.35. The smallest absolute Gasteiger partial charge is 0.234 e. The molecule has 0 radical (unpaired) electrons. The first-order chi connectivity index (χ1) is 13.1. The van der Waals surface area contributed by atoms with Gasteiger partial charge in [-0.05, 0) is 11.1 Å². The highest BCUT2D eigenvalue weighted by molar-refractivity contribution is 5.88. The Hall–Kier alpha value is -2.95. The minimum absolute atomic E-state index is 0.118. The number of hydrogen-bond acceptors (Lipinski definition) is 4. The largest absolute Gasteiger partial charge is 0.340 e. The van der Waals surface area contributed by atoms with Gasteiger partial charge in [-0.3, -0.25) is 4.79 Å². The van der Waals surface area contributed by atoms with Gasteiger partial charge in [0.05, 0.1) is 11.8 Å². The second-order valence-corrected chi connectivity index (χ2v) is 7.34. The number of benzene rings is 2. The van der Waals surface area contributed by atoms with Gasteiger partial charge in [0, 0.05) is 19.0 Å². The van der Waals surface area contributed by atoms with Gasteiger partial charge < -0.3 is 9.42 Å². The molecule has 1 aromatic heterocycles. The SMILES string of the molecule is CC(C)c1noc(C2CN(C(=O)C(c3ccccc3)c3ccccc3)C2)n1. The molecule has 3 aromatic rings. The van der Waals surface area contributed by atoms with E-state index >= 15 is 0 Å². The highest BCUT2D eigenvalue weighted by Crippen LogP contribution is 2.33. The molecule has 27 heavy (non-hydrogen) atoms. The Kier molecular flexibility index (Phi) is 4.75. The van der Waals surface area contributed by atoms with E-state index in [1.165, 1.54) is 0 Å². The number of amides is 1. The zero-order chi connectivity index (χ0) is 18.8. The molecule has 0 atom stereocenters. The van der Waals surface area contributed by atoms with Crippen LogP contribution in [-0.2, 0) is 4.79 Å². The number of nitrogens with zero attached hydrogens (tertiary/aromatic N) is 3. The molecule has 2 aromatic carbocycles. The lowest BCUT2D eigenvalue weighted by Gasteiger charge is -2.39. The Morgan fingerprint density at radius 2 is 1.56 bits per heavy atom. The molecule has 1 saturated heterocycles. The topological polar surface area (TPSA) is 59.2 Å². The van der Waals surface area contributed by atoms with Crippen LogP contribution in [0.1, 0.15) is 54.4 Å². The molecule has 1 aliphatic rings. The monoisotopic (exact) mass is 361 g/mol. The third kappa shape index (κ3) is 3.50. The van der Waals surface area contributed by atoms with E-state index in [1.807, 2.05) is 79.4 Å². The van der Waals surface area contributed by atoms with Gasteiger partial charge in [-0.1, -0.05) is 79.7 Å². The lowest BCUT2D eigenvalue weighted by molar-refractivity contribution is -0.136. The van der Waals surface area contributed by atoms with Gasteiger partial charge in [0.15, 0.2) is 5.82 Å². The Morgan fingerprint density at radius 1 is 1.00 bits per heavy atom. The van der Waals surface area contributed by atoms with Crippen molar-refractivity contribution >= 4 is 5.91 Å². The van der Waals surface area contributed by atoms with Crippen molar-refractivity contribution in [3.63, 3.8) is 0 Å². The lowest BCUT2D eigenvalue weighted by Crippen LogP contribution is -2.50. The van der Waals surface area contributed by atoms with Gasteiger partial charge in [0.25, 0.3) is 0 Å². The number of carbonyl (C=O) groups is 1. The molecule has 2 heterocycles. The van der Waals surface area contributed by atoms with Crippen molar-refractivity contribution in [2.24, 2.45) is 0 Å². The number of aromatic nitrogens is 2. The highest BCUT2D eigenvalue weighted by atomic mass is 16.5. The molecule has 1 amide bonds. The summed E-state index contributed by atoms with van der Waals surface area (Å²) in [6.07, 6.45) is 0. The molecule has 5 nitrogen and oxygen atoms in total. The summed E-state index contributed by atoms with van der Waals surface area (Å²) in [6, 6.07) is 19.9. The molecule has 5 heteroatoms. The van der Waals surface area contributed by atoms with Gasteiger partial charge in [-0.2, -0.15) is 4.98 Å². The first kappa shape index (κ1) is 17.5. The summed E-state index contributed by atoms with van der Waals surface area (Å²) in [5, 5.41) is 4.03. The maximum absolute atomic E-state index is 13.3. The summed E-state index contributed by atoms with van der Waals surface area (Å²) in [4.78, 5) is 19.6. The van der Waals surface area contributed by atoms with Gasteiger partial charge in [0.2, 0.25) is 11.8 Å². The van der Waals surface area contributed by atoms with Crippen LogP contribution in [0.2, 0.25) is 0 Å². The molecule has 0 spiro atoms. The molecule has 0 unspecified atom stereocenters. The average molecular weight is 361 g/mol. The van der Waals surface area contributed by atoms with E-state index in [9.17, 15) is 4.79 Å². The Morgan fingerprint density at radius 3 is 2.04 bits per heavy atom. The first-order valence-corrected chi connectivity index (χ1v) is 9.35. The Labute approximate surface area is 159 Å². The molecule has 138 valence electrons. The van der Waals surface area contributed by atoms with Crippen LogP contribution in [0.15, 0.2) is 65.2 Å². The van der Waals surface area contributed by atoms with Crippen molar-refractivity contribution in [2.45, 2.75) is 31.6 Å². The van der Waals surface area contributed by atoms with E-state index < -0.39 is 0 Å². The minimum Gasteiger partial charge on any atom is -0.340 e. The van der Waals surface area contributed by atoms with Crippen LogP contribution in [0.3, 0.4) is 0 Å². The van der Waals surface area contributed by atoms with Crippen LogP contribution in [0.4, 0.5) is 0 Å². The zero-order valence-electron chi connectivity index (χ0n) is 15.6. The van der Waals surface area contributed by atoms with Crippen LogP contribution in [0.25, 0.3) is 0 Å². The predicted octanol–water partition coefficient (Wildman–Crippen LogP) is 3.95. The third-order valence-electron chi connectivity index (χ3n) is 5.03. The van der Waals surface area contributed by atoms with Gasteiger partial charge in [0.1, 0.15) is 0 Å². The standard InChI is InChI=1S/C22H23N3O2/c1-15(2)20-23-21(27-24-20)18-13-25(14-18)22(26)19(16-9-5-3-6-10-16)17-11-7-4-8-12-17/h3-12,15,18-19H,13-14H2,1-2H3. The van der Waals surface area contributed by atoms with E-state index in [1.54, 1.807) is 0 Å². The summed E-state index contributed by atoms with van der Waals surface area (Å²) < 4.78 is 5.39. The maximum atomic E-state index is 13.3. The number of carbonyl (C=O) groups excluding carboxylic acids is 1. The van der Waals surface area contributed by atoms with Crippen LogP contribution in [-0.4, -0.2) is 34.0 Å². The number of hydrogen-bond donors (Lipinski definition) is 0. The molecule has 0 aliphatic carbocycles. The van der Waals surface area contributed by atoms with Gasteiger partial charge >= 0.3 is 0 Å². The minimum atomic E-state index is -0.290. The highest BCUT2D eigenvalue weighted by Gasteiger charge is 2.39. The summed E-state index contributed by atoms with van der Waals surface area (Å²) in [7, 11) is 0. The van der Waals surface area contributed by atoms with E-state index in [-0.39, 0.29) is 23.7 Å². The number of rotatable bonds is 5. The summed E-state index contributed by atoms with van der Waals surface area (Å²) in [5.74, 6) is 1.55. The molecule has 4 rings (SSSR count). The Bertz CT molecular complexity index is 860. The van der Waals surface area contributed by atoms with Crippen molar-refractivity contribution in [1.82, 2.24) is 15.0 Å². The summed E-state index contributed by atoms with van der Waals surface area (Å²) in [5.41, 5.74) is 2.02. The normalized spacial score (nSPS) is 14.6. The average Bonchev–Trinajstić information content (AvgIpc) is 3.12. The van der Waals surface area contributed by atoms with Crippen molar-refractivity contribution in [2.75, 3.05) is 13.1 Å². The molecule has 0 bridgehead atoms. The lowest BCUT2D eigenvalue weighted by atomic mass is 9.88. The summed E-state index contributed by atoms with van der Waals surface area (Å²) in [6.45, 7) is 5.31. The van der Waals surface area contributed by atoms with Crippen LogP contribution in [0, 0.1) is 0 Å². The van der Waals surface area contributed by atoms with Crippen LogP contribution in [0.5, 0.6) is 0 Å². The van der Waals surface area contributed by atoms with E-state index in [0.717, 1.165) is 17.0 Å². The van der Waals surface area contributed by atoms with E-state index in [2.05, 4.69) is 10.1 Å². The fourth-order valence-corrected chi connectivity index (χ4v) is 3.41. The molecule has 1 aliphatic heterocycles. The zero-order valence-corrected chi connectivity index (χ0v) is 15.6. The molecule has 0 saturated carbocycles. The van der Waals surface area contributed by atoms with Gasteiger partial charge in [-0.15, -0.1) is 0 Å². The van der Waals surface area contributed by atoms with E-state index in [4.69, 9.17) is 4.52 Å². The second-order valence-electron chi connectivity index (χ2n) is 7.34. The van der Waals surface area contributed by atoms with Crippen molar-refractivity contribution in [3.05, 3.63) is 83.5 Å².